The number of rotatable bonds is 4. The third-order valence-electron chi connectivity index (χ3n) is 4.56. The van der Waals surface area contributed by atoms with Crippen LogP contribution in [0.25, 0.3) is 5.69 Å². The topological polar surface area (TPSA) is 37.2 Å². The molecule has 6 heteroatoms. The lowest BCUT2D eigenvalue weighted by molar-refractivity contribution is 0.249. The lowest BCUT2D eigenvalue weighted by Crippen LogP contribution is -2.46. The highest BCUT2D eigenvalue weighted by Gasteiger charge is 2.19. The summed E-state index contributed by atoms with van der Waals surface area (Å²) in [7, 11) is 0. The van der Waals surface area contributed by atoms with E-state index in [2.05, 4.69) is 44.0 Å². The molecule has 128 valence electrons. The predicted octanol–water partition coefficient (Wildman–Crippen LogP) is 3.24. The lowest BCUT2D eigenvalue weighted by Gasteiger charge is -2.35. The summed E-state index contributed by atoms with van der Waals surface area (Å²) in [6.45, 7) is 4.88. The fourth-order valence-electron chi connectivity index (χ4n) is 3.17. The number of nitrogens with zero attached hydrogens (tertiary/aromatic N) is 5. The van der Waals surface area contributed by atoms with Crippen molar-refractivity contribution in [3.8, 4) is 5.69 Å². The molecular weight excluding hydrogens is 334 g/mol. The van der Waals surface area contributed by atoms with Crippen molar-refractivity contribution in [2.45, 2.75) is 6.54 Å². The van der Waals surface area contributed by atoms with Crippen molar-refractivity contribution in [3.63, 3.8) is 0 Å². The number of aromatic nitrogens is 3. The Bertz CT molecular complexity index is 808. The second-order valence-corrected chi connectivity index (χ2v) is 6.62. The van der Waals surface area contributed by atoms with Crippen molar-refractivity contribution in [1.82, 2.24) is 19.4 Å². The Labute approximate surface area is 152 Å². The molecule has 1 aliphatic heterocycles. The first kappa shape index (κ1) is 16.1. The summed E-state index contributed by atoms with van der Waals surface area (Å²) >= 11 is 6.26. The van der Waals surface area contributed by atoms with Gasteiger partial charge in [0.15, 0.2) is 0 Å². The minimum absolute atomic E-state index is 0.728. The Morgan fingerprint density at radius 1 is 0.960 bits per heavy atom. The van der Waals surface area contributed by atoms with E-state index >= 15 is 0 Å². The largest absolute Gasteiger partial charge is 0.353 e. The number of halogens is 1. The van der Waals surface area contributed by atoms with E-state index in [-0.39, 0.29) is 0 Å². The first-order valence-corrected chi connectivity index (χ1v) is 8.82. The summed E-state index contributed by atoms with van der Waals surface area (Å²) in [4.78, 5) is 13.2. The molecule has 25 heavy (non-hydrogen) atoms. The predicted molar refractivity (Wildman–Crippen MR) is 100 cm³/mol. The number of imidazole rings is 1. The zero-order valence-electron chi connectivity index (χ0n) is 13.9. The average molecular weight is 354 g/mol. The van der Waals surface area contributed by atoms with Crippen molar-refractivity contribution in [3.05, 3.63) is 71.9 Å². The van der Waals surface area contributed by atoms with Crippen LogP contribution in [0, 0.1) is 0 Å². The molecule has 3 heterocycles. The standard InChI is InChI=1S/C19H20ClN5/c20-18-2-1-7-22-19(18)24-12-10-23(11-13-24)14-16-3-5-17(6-4-16)25-9-8-21-15-25/h1-9,15H,10-14H2. The van der Waals surface area contributed by atoms with Gasteiger partial charge in [-0.05, 0) is 29.8 Å². The molecule has 0 aliphatic carbocycles. The van der Waals surface area contributed by atoms with E-state index in [4.69, 9.17) is 11.6 Å². The van der Waals surface area contributed by atoms with Crippen molar-refractivity contribution >= 4 is 17.4 Å². The minimum atomic E-state index is 0.728. The Morgan fingerprint density at radius 2 is 1.76 bits per heavy atom. The SMILES string of the molecule is Clc1cccnc1N1CCN(Cc2ccc(-n3ccnc3)cc2)CC1. The second-order valence-electron chi connectivity index (χ2n) is 6.21. The maximum absolute atomic E-state index is 6.26. The van der Waals surface area contributed by atoms with Crippen LogP contribution in [0.1, 0.15) is 5.56 Å². The van der Waals surface area contributed by atoms with Gasteiger partial charge in [-0.2, -0.15) is 0 Å². The molecule has 2 aromatic heterocycles. The third-order valence-corrected chi connectivity index (χ3v) is 4.85. The monoisotopic (exact) mass is 353 g/mol. The van der Waals surface area contributed by atoms with Gasteiger partial charge in [0.1, 0.15) is 5.82 Å². The van der Waals surface area contributed by atoms with E-state index in [1.54, 1.807) is 12.4 Å². The Kier molecular flexibility index (Phi) is 4.68. The maximum atomic E-state index is 6.26. The highest BCUT2D eigenvalue weighted by Crippen LogP contribution is 2.23. The van der Waals surface area contributed by atoms with Crippen LogP contribution in [0.2, 0.25) is 5.02 Å². The molecule has 1 fully saturated rings. The normalized spacial score (nSPS) is 15.5. The van der Waals surface area contributed by atoms with Gasteiger partial charge < -0.3 is 9.47 Å². The van der Waals surface area contributed by atoms with Crippen LogP contribution in [0.15, 0.2) is 61.3 Å². The zero-order chi connectivity index (χ0) is 17.1. The van der Waals surface area contributed by atoms with Gasteiger partial charge in [0.2, 0.25) is 0 Å². The molecule has 1 saturated heterocycles. The second kappa shape index (κ2) is 7.25. The van der Waals surface area contributed by atoms with Crippen molar-refractivity contribution in [2.75, 3.05) is 31.1 Å². The van der Waals surface area contributed by atoms with Gasteiger partial charge in [-0.1, -0.05) is 23.7 Å². The van der Waals surface area contributed by atoms with Crippen LogP contribution in [0.4, 0.5) is 5.82 Å². The van der Waals surface area contributed by atoms with Gasteiger partial charge in [0.05, 0.1) is 11.3 Å². The molecule has 0 atom stereocenters. The quantitative estimate of drug-likeness (QED) is 0.721. The number of hydrogen-bond acceptors (Lipinski definition) is 4. The molecule has 0 unspecified atom stereocenters. The number of benzene rings is 1. The van der Waals surface area contributed by atoms with E-state index in [1.807, 2.05) is 29.2 Å². The Hall–Kier alpha value is -2.37. The molecule has 5 nitrogen and oxygen atoms in total. The average Bonchev–Trinajstić information content (AvgIpc) is 3.18. The molecular formula is C19H20ClN5. The first-order valence-electron chi connectivity index (χ1n) is 8.45. The van der Waals surface area contributed by atoms with Crippen LogP contribution < -0.4 is 4.90 Å². The molecule has 3 aromatic rings. The van der Waals surface area contributed by atoms with Gasteiger partial charge >= 0.3 is 0 Å². The van der Waals surface area contributed by atoms with Crippen LogP contribution in [0.3, 0.4) is 0 Å². The maximum Gasteiger partial charge on any atom is 0.147 e. The van der Waals surface area contributed by atoms with E-state index in [9.17, 15) is 0 Å². The van der Waals surface area contributed by atoms with E-state index in [0.29, 0.717) is 0 Å². The summed E-state index contributed by atoms with van der Waals surface area (Å²) in [6.07, 6.45) is 7.37. The fraction of sp³-hybridized carbons (Fsp3) is 0.263. The summed E-state index contributed by atoms with van der Waals surface area (Å²) in [5.41, 5.74) is 2.46. The number of piperazine rings is 1. The van der Waals surface area contributed by atoms with Crippen molar-refractivity contribution < 1.29 is 0 Å². The number of anilines is 1. The van der Waals surface area contributed by atoms with Crippen LogP contribution >= 0.6 is 11.6 Å². The minimum Gasteiger partial charge on any atom is -0.353 e. The fourth-order valence-corrected chi connectivity index (χ4v) is 3.41. The first-order chi connectivity index (χ1) is 12.3. The molecule has 1 aromatic carbocycles. The smallest absolute Gasteiger partial charge is 0.147 e. The molecule has 0 radical (unpaired) electrons. The Balaban J connectivity index is 1.35. The van der Waals surface area contributed by atoms with Gasteiger partial charge in [-0.25, -0.2) is 9.97 Å². The van der Waals surface area contributed by atoms with Crippen LogP contribution in [0.5, 0.6) is 0 Å². The summed E-state index contributed by atoms with van der Waals surface area (Å²) in [6, 6.07) is 12.4. The molecule has 0 N–H and O–H groups in total. The van der Waals surface area contributed by atoms with E-state index < -0.39 is 0 Å². The van der Waals surface area contributed by atoms with Gasteiger partial charge in [-0.15, -0.1) is 0 Å². The Morgan fingerprint density at radius 3 is 2.44 bits per heavy atom. The highest BCUT2D eigenvalue weighted by atomic mass is 35.5. The van der Waals surface area contributed by atoms with E-state index in [0.717, 1.165) is 49.3 Å². The molecule has 0 saturated carbocycles. The molecule has 4 rings (SSSR count). The molecule has 1 aliphatic rings. The summed E-state index contributed by atoms with van der Waals surface area (Å²) < 4.78 is 2.01. The molecule has 0 bridgehead atoms. The summed E-state index contributed by atoms with van der Waals surface area (Å²) in [5, 5.41) is 0.728. The zero-order valence-corrected chi connectivity index (χ0v) is 14.7. The lowest BCUT2D eigenvalue weighted by atomic mass is 10.1. The third kappa shape index (κ3) is 3.67. The highest BCUT2D eigenvalue weighted by molar-refractivity contribution is 6.32. The molecule has 0 amide bonds. The van der Waals surface area contributed by atoms with Gasteiger partial charge in [-0.3, -0.25) is 4.90 Å². The van der Waals surface area contributed by atoms with Gasteiger partial charge in [0, 0.05) is 57.0 Å². The van der Waals surface area contributed by atoms with Crippen LogP contribution in [-0.4, -0.2) is 45.6 Å². The van der Waals surface area contributed by atoms with Crippen molar-refractivity contribution in [1.29, 1.82) is 0 Å². The summed E-state index contributed by atoms with van der Waals surface area (Å²) in [5.74, 6) is 0.897. The van der Waals surface area contributed by atoms with Gasteiger partial charge in [0.25, 0.3) is 0 Å². The number of pyridine rings is 1. The van der Waals surface area contributed by atoms with Crippen molar-refractivity contribution in [2.24, 2.45) is 0 Å². The van der Waals surface area contributed by atoms with E-state index in [1.165, 1.54) is 5.56 Å². The van der Waals surface area contributed by atoms with Crippen LogP contribution in [-0.2, 0) is 6.54 Å². The number of hydrogen-bond donors (Lipinski definition) is 0. The molecule has 0 spiro atoms.